The minimum Gasteiger partial charge on any atom is -0.373 e. The molecule has 0 spiro atoms. The van der Waals surface area contributed by atoms with Crippen LogP contribution in [0, 0.1) is 12.8 Å². The van der Waals surface area contributed by atoms with Crippen molar-refractivity contribution in [1.82, 2.24) is 9.97 Å². The second-order valence-electron chi connectivity index (χ2n) is 5.72. The van der Waals surface area contributed by atoms with Gasteiger partial charge in [-0.1, -0.05) is 20.3 Å². The van der Waals surface area contributed by atoms with Crippen molar-refractivity contribution >= 4 is 5.82 Å². The number of nitrogens with one attached hydrogen (secondary N) is 1. The summed E-state index contributed by atoms with van der Waals surface area (Å²) < 4.78 is 0. The van der Waals surface area contributed by atoms with Gasteiger partial charge in [-0.25, -0.2) is 9.97 Å². The van der Waals surface area contributed by atoms with Crippen molar-refractivity contribution < 1.29 is 0 Å². The average Bonchev–Trinajstić information content (AvgIpc) is 2.46. The van der Waals surface area contributed by atoms with E-state index in [1.807, 2.05) is 7.05 Å². The van der Waals surface area contributed by atoms with E-state index < -0.39 is 0 Å². The van der Waals surface area contributed by atoms with Gasteiger partial charge in [-0.2, -0.15) is 0 Å². The Bertz CT molecular complexity index is 420. The summed E-state index contributed by atoms with van der Waals surface area (Å²) in [4.78, 5) is 9.55. The molecule has 3 nitrogen and oxygen atoms in total. The lowest BCUT2D eigenvalue weighted by atomic mass is 9.80. The van der Waals surface area contributed by atoms with Gasteiger partial charge in [0.1, 0.15) is 11.6 Å². The Hall–Kier alpha value is -1.12. The van der Waals surface area contributed by atoms with Gasteiger partial charge in [0.2, 0.25) is 0 Å². The molecule has 19 heavy (non-hydrogen) atoms. The van der Waals surface area contributed by atoms with Crippen LogP contribution in [0.3, 0.4) is 0 Å². The van der Waals surface area contributed by atoms with Crippen LogP contribution < -0.4 is 5.32 Å². The predicted octanol–water partition coefficient (Wildman–Crippen LogP) is 4.07. The zero-order chi connectivity index (χ0) is 13.8. The predicted molar refractivity (Wildman–Crippen MR) is 80.7 cm³/mol. The molecule has 1 saturated carbocycles. The van der Waals surface area contributed by atoms with Gasteiger partial charge in [0.05, 0.1) is 0 Å². The van der Waals surface area contributed by atoms with Crippen LogP contribution in [0.5, 0.6) is 0 Å². The Labute approximate surface area is 117 Å². The number of anilines is 1. The molecule has 1 heterocycles. The summed E-state index contributed by atoms with van der Waals surface area (Å²) in [5.41, 5.74) is 2.41. The molecule has 0 aliphatic heterocycles. The fourth-order valence-electron chi connectivity index (χ4n) is 3.26. The third kappa shape index (κ3) is 3.07. The maximum Gasteiger partial charge on any atom is 0.134 e. The first kappa shape index (κ1) is 14.3. The summed E-state index contributed by atoms with van der Waals surface area (Å²) in [5.74, 6) is 3.59. The van der Waals surface area contributed by atoms with Gasteiger partial charge in [0.25, 0.3) is 0 Å². The smallest absolute Gasteiger partial charge is 0.134 e. The second kappa shape index (κ2) is 6.36. The van der Waals surface area contributed by atoms with Gasteiger partial charge in [0.15, 0.2) is 0 Å². The molecule has 2 rings (SSSR count). The summed E-state index contributed by atoms with van der Waals surface area (Å²) in [7, 11) is 1.96. The van der Waals surface area contributed by atoms with Crippen LogP contribution in [-0.2, 0) is 6.42 Å². The Balaban J connectivity index is 2.19. The highest BCUT2D eigenvalue weighted by molar-refractivity contribution is 5.46. The quantitative estimate of drug-likeness (QED) is 0.887. The van der Waals surface area contributed by atoms with Crippen molar-refractivity contribution in [2.24, 2.45) is 5.92 Å². The van der Waals surface area contributed by atoms with E-state index in [4.69, 9.17) is 9.97 Å². The summed E-state index contributed by atoms with van der Waals surface area (Å²) in [6.45, 7) is 6.59. The normalized spacial score (nSPS) is 23.4. The standard InChI is InChI=1S/C16H27N3/c1-5-12-7-9-13(10-8-12)15-18-11(3)14(6-2)16(17-4)19-15/h12-13H,5-10H2,1-4H3,(H,17,18,19). The van der Waals surface area contributed by atoms with Crippen LogP contribution in [0.1, 0.15) is 69.0 Å². The van der Waals surface area contributed by atoms with Crippen LogP contribution >= 0.6 is 0 Å². The van der Waals surface area contributed by atoms with E-state index in [2.05, 4.69) is 26.1 Å². The number of nitrogens with zero attached hydrogens (tertiary/aromatic N) is 2. The maximum absolute atomic E-state index is 4.78. The van der Waals surface area contributed by atoms with Crippen molar-refractivity contribution in [3.63, 3.8) is 0 Å². The molecule has 0 atom stereocenters. The molecule has 0 bridgehead atoms. The van der Waals surface area contributed by atoms with E-state index >= 15 is 0 Å². The fourth-order valence-corrected chi connectivity index (χ4v) is 3.26. The molecule has 1 aromatic rings. The number of rotatable bonds is 4. The molecular formula is C16H27N3. The highest BCUT2D eigenvalue weighted by Crippen LogP contribution is 2.36. The maximum atomic E-state index is 4.78. The van der Waals surface area contributed by atoms with Crippen molar-refractivity contribution in [3.8, 4) is 0 Å². The Kier molecular flexibility index (Phi) is 4.78. The fraction of sp³-hybridized carbons (Fsp3) is 0.750. The van der Waals surface area contributed by atoms with Crippen LogP contribution in [0.15, 0.2) is 0 Å². The van der Waals surface area contributed by atoms with Gasteiger partial charge in [-0.3, -0.25) is 0 Å². The van der Waals surface area contributed by atoms with Crippen molar-refractivity contribution in [1.29, 1.82) is 0 Å². The third-order valence-electron chi connectivity index (χ3n) is 4.61. The van der Waals surface area contributed by atoms with E-state index in [1.165, 1.54) is 37.7 Å². The molecule has 106 valence electrons. The highest BCUT2D eigenvalue weighted by atomic mass is 15.0. The largest absolute Gasteiger partial charge is 0.373 e. The van der Waals surface area contributed by atoms with Crippen molar-refractivity contribution in [2.45, 2.75) is 65.2 Å². The molecule has 3 heteroatoms. The molecule has 0 amide bonds. The average molecular weight is 261 g/mol. The molecule has 0 saturated heterocycles. The van der Waals surface area contributed by atoms with Gasteiger partial charge >= 0.3 is 0 Å². The van der Waals surface area contributed by atoms with Crippen LogP contribution in [-0.4, -0.2) is 17.0 Å². The van der Waals surface area contributed by atoms with E-state index in [9.17, 15) is 0 Å². The Morgan fingerprint density at radius 1 is 1.11 bits per heavy atom. The molecule has 0 radical (unpaired) electrons. The number of hydrogen-bond acceptors (Lipinski definition) is 3. The Morgan fingerprint density at radius 2 is 1.79 bits per heavy atom. The van der Waals surface area contributed by atoms with Gasteiger partial charge in [0, 0.05) is 24.2 Å². The molecule has 0 unspecified atom stereocenters. The molecule has 1 aromatic heterocycles. The van der Waals surface area contributed by atoms with Crippen molar-refractivity contribution in [2.75, 3.05) is 12.4 Å². The van der Waals surface area contributed by atoms with Crippen LogP contribution in [0.25, 0.3) is 0 Å². The lowest BCUT2D eigenvalue weighted by molar-refractivity contribution is 0.312. The topological polar surface area (TPSA) is 37.8 Å². The lowest BCUT2D eigenvalue weighted by Crippen LogP contribution is -2.16. The zero-order valence-corrected chi connectivity index (χ0v) is 12.8. The van der Waals surface area contributed by atoms with Crippen LogP contribution in [0.2, 0.25) is 0 Å². The monoisotopic (exact) mass is 261 g/mol. The van der Waals surface area contributed by atoms with E-state index in [0.717, 1.165) is 29.7 Å². The summed E-state index contributed by atoms with van der Waals surface area (Å²) in [6, 6.07) is 0. The second-order valence-corrected chi connectivity index (χ2v) is 5.72. The van der Waals surface area contributed by atoms with Gasteiger partial charge in [-0.05, 0) is 44.9 Å². The van der Waals surface area contributed by atoms with Crippen LogP contribution in [0.4, 0.5) is 5.82 Å². The van der Waals surface area contributed by atoms with Gasteiger partial charge in [-0.15, -0.1) is 0 Å². The minimum absolute atomic E-state index is 0.569. The SMILES string of the molecule is CCc1c(C)nc(C2CCC(CC)CC2)nc1NC. The first-order valence-electron chi connectivity index (χ1n) is 7.74. The molecular weight excluding hydrogens is 234 g/mol. The summed E-state index contributed by atoms with van der Waals surface area (Å²) in [6.07, 6.45) is 7.51. The van der Waals surface area contributed by atoms with E-state index in [1.54, 1.807) is 0 Å². The van der Waals surface area contributed by atoms with E-state index in [-0.39, 0.29) is 0 Å². The summed E-state index contributed by atoms with van der Waals surface area (Å²) >= 11 is 0. The van der Waals surface area contributed by atoms with E-state index in [0.29, 0.717) is 5.92 Å². The lowest BCUT2D eigenvalue weighted by Gasteiger charge is -2.27. The number of hydrogen-bond donors (Lipinski definition) is 1. The highest BCUT2D eigenvalue weighted by Gasteiger charge is 2.24. The summed E-state index contributed by atoms with van der Waals surface area (Å²) in [5, 5.41) is 3.24. The zero-order valence-electron chi connectivity index (χ0n) is 12.8. The Morgan fingerprint density at radius 3 is 2.32 bits per heavy atom. The third-order valence-corrected chi connectivity index (χ3v) is 4.61. The molecule has 1 fully saturated rings. The molecule has 1 aliphatic rings. The van der Waals surface area contributed by atoms with Gasteiger partial charge < -0.3 is 5.32 Å². The number of aryl methyl sites for hydroxylation is 1. The first-order chi connectivity index (χ1) is 9.19. The van der Waals surface area contributed by atoms with Crippen molar-refractivity contribution in [3.05, 3.63) is 17.1 Å². The minimum atomic E-state index is 0.569. The molecule has 1 aliphatic carbocycles. The molecule has 1 N–H and O–H groups in total. The first-order valence-corrected chi connectivity index (χ1v) is 7.74. The molecule has 0 aromatic carbocycles. The number of aromatic nitrogens is 2.